The summed E-state index contributed by atoms with van der Waals surface area (Å²) >= 11 is 0. The van der Waals surface area contributed by atoms with E-state index in [0.717, 1.165) is 38.8 Å². The van der Waals surface area contributed by atoms with Crippen LogP contribution in [-0.2, 0) is 4.79 Å². The van der Waals surface area contributed by atoms with Crippen molar-refractivity contribution in [1.82, 2.24) is 10.2 Å². The first-order chi connectivity index (χ1) is 8.22. The number of carbonyl (C=O) groups excluding carboxylic acids is 1. The molecule has 0 radical (unpaired) electrons. The molecule has 0 aliphatic heterocycles. The Morgan fingerprint density at radius 3 is 2.59 bits per heavy atom. The number of hydrogen-bond donors (Lipinski definition) is 1. The third-order valence-electron chi connectivity index (χ3n) is 3.56. The van der Waals surface area contributed by atoms with Crippen molar-refractivity contribution in [2.75, 3.05) is 19.6 Å². The molecule has 0 aromatic carbocycles. The average molecular weight is 237 g/mol. The highest BCUT2D eigenvalue weighted by atomic mass is 16.2. The van der Waals surface area contributed by atoms with Gasteiger partial charge in [0.25, 0.3) is 0 Å². The lowest BCUT2D eigenvalue weighted by Gasteiger charge is -2.28. The molecule has 1 aliphatic rings. The fourth-order valence-corrected chi connectivity index (χ4v) is 2.44. The molecular formula is C13H23N3O. The van der Waals surface area contributed by atoms with E-state index in [0.29, 0.717) is 6.54 Å². The van der Waals surface area contributed by atoms with E-state index in [1.807, 2.05) is 18.7 Å². The van der Waals surface area contributed by atoms with Crippen molar-refractivity contribution in [2.24, 2.45) is 5.92 Å². The lowest BCUT2D eigenvalue weighted by Crippen LogP contribution is -2.45. The van der Waals surface area contributed by atoms with Gasteiger partial charge in [0.05, 0.1) is 18.5 Å². The maximum Gasteiger partial charge on any atom is 0.236 e. The van der Waals surface area contributed by atoms with E-state index in [4.69, 9.17) is 5.26 Å². The second kappa shape index (κ2) is 7.29. The topological polar surface area (TPSA) is 56.1 Å². The van der Waals surface area contributed by atoms with Gasteiger partial charge in [-0.15, -0.1) is 0 Å². The molecule has 0 heterocycles. The molecule has 1 rings (SSSR count). The Morgan fingerprint density at radius 2 is 2.00 bits per heavy atom. The van der Waals surface area contributed by atoms with Crippen molar-refractivity contribution >= 4 is 5.91 Å². The van der Waals surface area contributed by atoms with Crippen molar-refractivity contribution < 1.29 is 4.79 Å². The average Bonchev–Trinajstić information content (AvgIpc) is 2.38. The van der Waals surface area contributed by atoms with Crippen LogP contribution in [0.15, 0.2) is 0 Å². The summed E-state index contributed by atoms with van der Waals surface area (Å²) in [6.07, 6.45) is 4.28. The van der Waals surface area contributed by atoms with E-state index in [1.54, 1.807) is 0 Å². The number of nitrogens with one attached hydrogen (secondary N) is 1. The monoisotopic (exact) mass is 237 g/mol. The molecule has 2 unspecified atom stereocenters. The van der Waals surface area contributed by atoms with Crippen LogP contribution in [-0.4, -0.2) is 36.5 Å². The molecule has 0 bridgehead atoms. The standard InChI is InChI=1S/C13H23N3O/c1-3-16(4-2)13(17)10-15-12-8-6-5-7-11(12)9-14/h11-12,15H,3-8,10H2,1-2H3. The van der Waals surface area contributed by atoms with Crippen molar-refractivity contribution in [2.45, 2.75) is 45.6 Å². The fourth-order valence-electron chi connectivity index (χ4n) is 2.44. The molecule has 0 aromatic rings. The SMILES string of the molecule is CCN(CC)C(=O)CNC1CCCCC1C#N. The third-order valence-corrected chi connectivity index (χ3v) is 3.56. The Labute approximate surface area is 104 Å². The molecule has 0 aromatic heterocycles. The zero-order valence-electron chi connectivity index (χ0n) is 10.9. The first-order valence-corrected chi connectivity index (χ1v) is 6.63. The van der Waals surface area contributed by atoms with Crippen molar-refractivity contribution in [1.29, 1.82) is 5.26 Å². The van der Waals surface area contributed by atoms with Gasteiger partial charge in [-0.05, 0) is 26.7 Å². The smallest absolute Gasteiger partial charge is 0.236 e. The first-order valence-electron chi connectivity index (χ1n) is 6.63. The Balaban J connectivity index is 2.38. The first kappa shape index (κ1) is 14.0. The van der Waals surface area contributed by atoms with Gasteiger partial charge < -0.3 is 10.2 Å². The number of nitrogens with zero attached hydrogens (tertiary/aromatic N) is 2. The highest BCUT2D eigenvalue weighted by Crippen LogP contribution is 2.23. The van der Waals surface area contributed by atoms with Crippen LogP contribution in [0, 0.1) is 17.2 Å². The molecule has 4 nitrogen and oxygen atoms in total. The zero-order chi connectivity index (χ0) is 12.7. The zero-order valence-corrected chi connectivity index (χ0v) is 10.9. The maximum absolute atomic E-state index is 11.8. The Kier molecular flexibility index (Phi) is 5.99. The molecule has 4 heteroatoms. The highest BCUT2D eigenvalue weighted by molar-refractivity contribution is 5.78. The van der Waals surface area contributed by atoms with Gasteiger partial charge in [-0.1, -0.05) is 12.8 Å². The third kappa shape index (κ3) is 4.01. The van der Waals surface area contributed by atoms with Crippen LogP contribution >= 0.6 is 0 Å². The molecule has 2 atom stereocenters. The van der Waals surface area contributed by atoms with E-state index >= 15 is 0 Å². The normalized spacial score (nSPS) is 24.1. The second-order valence-electron chi connectivity index (χ2n) is 4.57. The summed E-state index contributed by atoms with van der Waals surface area (Å²) in [5.41, 5.74) is 0. The Morgan fingerprint density at radius 1 is 1.35 bits per heavy atom. The minimum absolute atomic E-state index is 0.0771. The Hall–Kier alpha value is -1.08. The van der Waals surface area contributed by atoms with Crippen LogP contribution in [0.1, 0.15) is 39.5 Å². The van der Waals surface area contributed by atoms with E-state index in [2.05, 4.69) is 11.4 Å². The van der Waals surface area contributed by atoms with Crippen molar-refractivity contribution in [3.63, 3.8) is 0 Å². The summed E-state index contributed by atoms with van der Waals surface area (Å²) in [4.78, 5) is 13.6. The molecule has 1 fully saturated rings. The summed E-state index contributed by atoms with van der Waals surface area (Å²) in [6, 6.07) is 2.55. The minimum Gasteiger partial charge on any atom is -0.342 e. The number of nitriles is 1. The van der Waals surface area contributed by atoms with Gasteiger partial charge in [0.15, 0.2) is 0 Å². The number of likely N-dealkylation sites (N-methyl/N-ethyl adjacent to an activating group) is 1. The molecule has 17 heavy (non-hydrogen) atoms. The molecule has 96 valence electrons. The summed E-state index contributed by atoms with van der Waals surface area (Å²) in [7, 11) is 0. The highest BCUT2D eigenvalue weighted by Gasteiger charge is 2.25. The van der Waals surface area contributed by atoms with Crippen molar-refractivity contribution in [3.05, 3.63) is 0 Å². The van der Waals surface area contributed by atoms with E-state index in [1.165, 1.54) is 0 Å². The van der Waals surface area contributed by atoms with Gasteiger partial charge in [-0.3, -0.25) is 4.79 Å². The maximum atomic E-state index is 11.8. The van der Waals surface area contributed by atoms with E-state index < -0.39 is 0 Å². The van der Waals surface area contributed by atoms with Gasteiger partial charge in [-0.2, -0.15) is 5.26 Å². The largest absolute Gasteiger partial charge is 0.342 e. The summed E-state index contributed by atoms with van der Waals surface area (Å²) < 4.78 is 0. The fraction of sp³-hybridized carbons (Fsp3) is 0.846. The molecule has 1 amide bonds. The quantitative estimate of drug-likeness (QED) is 0.789. The van der Waals surface area contributed by atoms with Gasteiger partial charge >= 0.3 is 0 Å². The van der Waals surface area contributed by atoms with E-state index in [-0.39, 0.29) is 17.9 Å². The van der Waals surface area contributed by atoms with Crippen LogP contribution in [0.2, 0.25) is 0 Å². The minimum atomic E-state index is 0.0771. The van der Waals surface area contributed by atoms with Gasteiger partial charge in [-0.25, -0.2) is 0 Å². The Bertz CT molecular complexity index is 281. The molecule has 0 saturated heterocycles. The number of amides is 1. The lowest BCUT2D eigenvalue weighted by molar-refractivity contribution is -0.130. The summed E-state index contributed by atoms with van der Waals surface area (Å²) in [6.45, 7) is 5.84. The molecular weight excluding hydrogens is 214 g/mol. The predicted molar refractivity (Wildman–Crippen MR) is 67.3 cm³/mol. The number of rotatable bonds is 5. The summed E-state index contributed by atoms with van der Waals surface area (Å²) in [5.74, 6) is 0.213. The van der Waals surface area contributed by atoms with Gasteiger partial charge in [0.2, 0.25) is 5.91 Å². The molecule has 0 spiro atoms. The molecule has 1 N–H and O–H groups in total. The van der Waals surface area contributed by atoms with E-state index in [9.17, 15) is 4.79 Å². The summed E-state index contributed by atoms with van der Waals surface area (Å²) in [5, 5.41) is 12.3. The van der Waals surface area contributed by atoms with Crippen LogP contribution in [0.5, 0.6) is 0 Å². The van der Waals surface area contributed by atoms with Crippen LogP contribution in [0.4, 0.5) is 0 Å². The second-order valence-corrected chi connectivity index (χ2v) is 4.57. The molecule has 1 saturated carbocycles. The van der Waals surface area contributed by atoms with Gasteiger partial charge in [0.1, 0.15) is 0 Å². The lowest BCUT2D eigenvalue weighted by atomic mass is 9.85. The number of hydrogen-bond acceptors (Lipinski definition) is 3. The predicted octanol–water partition coefficient (Wildman–Crippen LogP) is 1.53. The van der Waals surface area contributed by atoms with Crippen LogP contribution in [0.3, 0.4) is 0 Å². The van der Waals surface area contributed by atoms with Crippen LogP contribution in [0.25, 0.3) is 0 Å². The van der Waals surface area contributed by atoms with Crippen molar-refractivity contribution in [3.8, 4) is 6.07 Å². The van der Waals surface area contributed by atoms with Gasteiger partial charge in [0, 0.05) is 19.1 Å². The number of carbonyl (C=O) groups is 1. The molecule has 1 aliphatic carbocycles. The van der Waals surface area contributed by atoms with Crippen LogP contribution < -0.4 is 5.32 Å².